The fraction of sp³-hybridized carbons (Fsp3) is 0.583. The zero-order valence-corrected chi connectivity index (χ0v) is 11.5. The van der Waals surface area contributed by atoms with E-state index in [9.17, 15) is 8.42 Å². The highest BCUT2D eigenvalue weighted by Gasteiger charge is 2.41. The first-order valence-corrected chi connectivity index (χ1v) is 7.63. The molecule has 0 saturated heterocycles. The van der Waals surface area contributed by atoms with Crippen molar-refractivity contribution in [2.75, 3.05) is 18.9 Å². The van der Waals surface area contributed by atoms with E-state index in [0.717, 1.165) is 19.3 Å². The molecule has 0 atom stereocenters. The third-order valence-electron chi connectivity index (χ3n) is 3.64. The minimum atomic E-state index is -3.43. The largest absolute Gasteiger partial charge is 0.373 e. The molecule has 0 amide bonds. The molecule has 0 aliphatic heterocycles. The number of nitrogens with one attached hydrogen (secondary N) is 2. The standard InChI is InChI=1S/C12H19N3O2S/c1-3-12(5-6-12)9-15-18(16,17)10-4-7-14-11(8-10)13-2/h4,7-8,15H,3,5-6,9H2,1-2H3,(H,13,14). The molecule has 0 aromatic carbocycles. The maximum atomic E-state index is 12.1. The summed E-state index contributed by atoms with van der Waals surface area (Å²) in [6.45, 7) is 2.63. The molecule has 2 rings (SSSR count). The van der Waals surface area contributed by atoms with E-state index in [-0.39, 0.29) is 10.3 Å². The number of nitrogens with zero attached hydrogens (tertiary/aromatic N) is 1. The third-order valence-corrected chi connectivity index (χ3v) is 5.04. The molecule has 1 aromatic rings. The molecule has 1 aliphatic carbocycles. The molecule has 0 spiro atoms. The molecule has 18 heavy (non-hydrogen) atoms. The molecular weight excluding hydrogens is 250 g/mol. The van der Waals surface area contributed by atoms with Gasteiger partial charge in [-0.1, -0.05) is 6.92 Å². The van der Waals surface area contributed by atoms with Gasteiger partial charge in [0.05, 0.1) is 4.90 Å². The van der Waals surface area contributed by atoms with Crippen molar-refractivity contribution >= 4 is 15.8 Å². The maximum Gasteiger partial charge on any atom is 0.240 e. The Morgan fingerprint density at radius 1 is 1.44 bits per heavy atom. The SMILES string of the molecule is CCC1(CNS(=O)(=O)c2ccnc(NC)c2)CC1. The molecule has 6 heteroatoms. The molecule has 0 unspecified atom stereocenters. The lowest BCUT2D eigenvalue weighted by atomic mass is 10.1. The predicted molar refractivity (Wildman–Crippen MR) is 70.9 cm³/mol. The van der Waals surface area contributed by atoms with Gasteiger partial charge in [-0.15, -0.1) is 0 Å². The van der Waals surface area contributed by atoms with Crippen LogP contribution in [0, 0.1) is 5.41 Å². The van der Waals surface area contributed by atoms with Crippen LogP contribution in [0.5, 0.6) is 0 Å². The average Bonchev–Trinajstić information content (AvgIpc) is 3.17. The van der Waals surface area contributed by atoms with Crippen LogP contribution in [-0.4, -0.2) is 27.0 Å². The number of aromatic nitrogens is 1. The maximum absolute atomic E-state index is 12.1. The lowest BCUT2D eigenvalue weighted by Crippen LogP contribution is -2.30. The van der Waals surface area contributed by atoms with Crippen LogP contribution >= 0.6 is 0 Å². The minimum Gasteiger partial charge on any atom is -0.373 e. The summed E-state index contributed by atoms with van der Waals surface area (Å²) < 4.78 is 26.9. The zero-order chi connectivity index (χ0) is 13.2. The van der Waals surface area contributed by atoms with E-state index in [2.05, 4.69) is 21.9 Å². The predicted octanol–water partition coefficient (Wildman–Crippen LogP) is 1.59. The highest BCUT2D eigenvalue weighted by molar-refractivity contribution is 7.89. The van der Waals surface area contributed by atoms with Crippen molar-refractivity contribution in [1.82, 2.24) is 9.71 Å². The van der Waals surface area contributed by atoms with Gasteiger partial charge in [0, 0.05) is 25.9 Å². The average molecular weight is 269 g/mol. The quantitative estimate of drug-likeness (QED) is 0.822. The van der Waals surface area contributed by atoms with E-state index in [0.29, 0.717) is 12.4 Å². The Morgan fingerprint density at radius 3 is 2.72 bits per heavy atom. The van der Waals surface area contributed by atoms with E-state index in [1.165, 1.54) is 18.3 Å². The van der Waals surface area contributed by atoms with Gasteiger partial charge in [0.15, 0.2) is 0 Å². The summed E-state index contributed by atoms with van der Waals surface area (Å²) in [6, 6.07) is 3.04. The fourth-order valence-electron chi connectivity index (χ4n) is 1.88. The third kappa shape index (κ3) is 2.81. The Kier molecular flexibility index (Phi) is 3.59. The Balaban J connectivity index is 2.10. The summed E-state index contributed by atoms with van der Waals surface area (Å²) in [7, 11) is -1.72. The Morgan fingerprint density at radius 2 is 2.17 bits per heavy atom. The second-order valence-corrected chi connectivity index (χ2v) is 6.57. The Labute approximate surface area is 108 Å². The van der Waals surface area contributed by atoms with Crippen LogP contribution in [0.4, 0.5) is 5.82 Å². The van der Waals surface area contributed by atoms with Gasteiger partial charge in [0.1, 0.15) is 5.82 Å². The van der Waals surface area contributed by atoms with Gasteiger partial charge >= 0.3 is 0 Å². The summed E-state index contributed by atoms with van der Waals surface area (Å²) in [6.07, 6.45) is 4.75. The van der Waals surface area contributed by atoms with Crippen molar-refractivity contribution in [2.45, 2.75) is 31.1 Å². The number of pyridine rings is 1. The molecule has 1 aliphatic rings. The van der Waals surface area contributed by atoms with Gasteiger partial charge < -0.3 is 5.32 Å². The first-order chi connectivity index (χ1) is 8.51. The number of rotatable bonds is 6. The van der Waals surface area contributed by atoms with Crippen molar-refractivity contribution in [3.05, 3.63) is 18.3 Å². The van der Waals surface area contributed by atoms with Crippen LogP contribution < -0.4 is 10.0 Å². The minimum absolute atomic E-state index is 0.200. The van der Waals surface area contributed by atoms with Gasteiger partial charge in [-0.05, 0) is 30.7 Å². The van der Waals surface area contributed by atoms with E-state index in [4.69, 9.17) is 0 Å². The lowest BCUT2D eigenvalue weighted by Gasteiger charge is -2.14. The van der Waals surface area contributed by atoms with Crippen LogP contribution in [0.15, 0.2) is 23.2 Å². The van der Waals surface area contributed by atoms with E-state index in [1.54, 1.807) is 7.05 Å². The topological polar surface area (TPSA) is 71.1 Å². The number of anilines is 1. The molecule has 1 aromatic heterocycles. The van der Waals surface area contributed by atoms with Crippen LogP contribution in [0.1, 0.15) is 26.2 Å². The van der Waals surface area contributed by atoms with Gasteiger partial charge in [0.25, 0.3) is 0 Å². The summed E-state index contributed by atoms with van der Waals surface area (Å²) in [5.74, 6) is 0.550. The van der Waals surface area contributed by atoms with E-state index >= 15 is 0 Å². The van der Waals surface area contributed by atoms with Crippen LogP contribution in [0.25, 0.3) is 0 Å². The van der Waals surface area contributed by atoms with E-state index < -0.39 is 10.0 Å². The normalized spacial score (nSPS) is 17.4. The van der Waals surface area contributed by atoms with Crippen LogP contribution in [0.3, 0.4) is 0 Å². The highest BCUT2D eigenvalue weighted by atomic mass is 32.2. The number of hydrogen-bond acceptors (Lipinski definition) is 4. The summed E-state index contributed by atoms with van der Waals surface area (Å²) in [4.78, 5) is 4.26. The fourth-order valence-corrected chi connectivity index (χ4v) is 3.05. The summed E-state index contributed by atoms with van der Waals surface area (Å²) >= 11 is 0. The van der Waals surface area contributed by atoms with Crippen molar-refractivity contribution in [2.24, 2.45) is 5.41 Å². The monoisotopic (exact) mass is 269 g/mol. The van der Waals surface area contributed by atoms with Crippen molar-refractivity contribution in [1.29, 1.82) is 0 Å². The molecule has 100 valence electrons. The molecule has 2 N–H and O–H groups in total. The van der Waals surface area contributed by atoms with Crippen molar-refractivity contribution in [3.63, 3.8) is 0 Å². The molecule has 0 bridgehead atoms. The van der Waals surface area contributed by atoms with Crippen LogP contribution in [0.2, 0.25) is 0 Å². The number of sulfonamides is 1. The highest BCUT2D eigenvalue weighted by Crippen LogP contribution is 2.48. The van der Waals surface area contributed by atoms with Gasteiger partial charge in [-0.2, -0.15) is 0 Å². The molecule has 0 radical (unpaired) electrons. The summed E-state index contributed by atoms with van der Waals surface area (Å²) in [5.41, 5.74) is 0.200. The van der Waals surface area contributed by atoms with Crippen LogP contribution in [-0.2, 0) is 10.0 Å². The molecular formula is C12H19N3O2S. The van der Waals surface area contributed by atoms with Crippen molar-refractivity contribution in [3.8, 4) is 0 Å². The molecule has 1 heterocycles. The Hall–Kier alpha value is -1.14. The first-order valence-electron chi connectivity index (χ1n) is 6.15. The summed E-state index contributed by atoms with van der Waals surface area (Å²) in [5, 5.41) is 2.83. The van der Waals surface area contributed by atoms with Gasteiger partial charge in [0.2, 0.25) is 10.0 Å². The van der Waals surface area contributed by atoms with Crippen molar-refractivity contribution < 1.29 is 8.42 Å². The second kappa shape index (κ2) is 4.85. The second-order valence-electron chi connectivity index (χ2n) is 4.80. The molecule has 5 nitrogen and oxygen atoms in total. The molecule has 1 saturated carbocycles. The molecule has 1 fully saturated rings. The smallest absolute Gasteiger partial charge is 0.240 e. The first kappa shape index (κ1) is 13.3. The van der Waals surface area contributed by atoms with Gasteiger partial charge in [-0.3, -0.25) is 0 Å². The Bertz CT molecular complexity index is 524. The lowest BCUT2D eigenvalue weighted by molar-refractivity contribution is 0.475. The number of hydrogen-bond donors (Lipinski definition) is 2. The zero-order valence-electron chi connectivity index (χ0n) is 10.7. The van der Waals surface area contributed by atoms with Gasteiger partial charge in [-0.25, -0.2) is 18.1 Å². The van der Waals surface area contributed by atoms with E-state index in [1.807, 2.05) is 0 Å².